The van der Waals surface area contributed by atoms with Gasteiger partial charge in [-0.1, -0.05) is 12.1 Å². The van der Waals surface area contributed by atoms with E-state index in [-0.39, 0.29) is 18.8 Å². The van der Waals surface area contributed by atoms with E-state index in [0.717, 1.165) is 0 Å². The third kappa shape index (κ3) is 6.47. The van der Waals surface area contributed by atoms with Crippen molar-refractivity contribution in [3.05, 3.63) is 59.4 Å². The first-order valence-corrected chi connectivity index (χ1v) is 12.2. The zero-order valence-corrected chi connectivity index (χ0v) is 21.4. The summed E-state index contributed by atoms with van der Waals surface area (Å²) in [6, 6.07) is 14.4. The van der Waals surface area contributed by atoms with Gasteiger partial charge in [0.2, 0.25) is 0 Å². The number of H-pyrrole nitrogens is 1. The van der Waals surface area contributed by atoms with E-state index >= 15 is 0 Å². The average molecular weight is 503 g/mol. The number of nitrogens with zero attached hydrogens (tertiary/aromatic N) is 3. The highest BCUT2D eigenvalue weighted by Gasteiger charge is 2.31. The first kappa shape index (κ1) is 25.8. The zero-order valence-electron chi connectivity index (χ0n) is 21.4. The van der Waals surface area contributed by atoms with Gasteiger partial charge < -0.3 is 24.1 Å². The molecule has 1 fully saturated rings. The SMILES string of the molecule is CCOC(=O)/C(=C\c1nc2ccc(C#N)cc2[nH]1)c1ccc(O[C@H]2CCN(C(=O)OC(C)(C)C)C2)cc1. The van der Waals surface area contributed by atoms with Gasteiger partial charge in [0, 0.05) is 13.0 Å². The Kier molecular flexibility index (Phi) is 7.48. The summed E-state index contributed by atoms with van der Waals surface area (Å²) in [5.74, 6) is 0.635. The summed E-state index contributed by atoms with van der Waals surface area (Å²) in [6.07, 6.45) is 1.85. The molecule has 1 saturated heterocycles. The van der Waals surface area contributed by atoms with Crippen LogP contribution in [0.3, 0.4) is 0 Å². The van der Waals surface area contributed by atoms with Gasteiger partial charge in [-0.3, -0.25) is 0 Å². The van der Waals surface area contributed by atoms with E-state index in [0.29, 0.717) is 58.8 Å². The Morgan fingerprint density at radius 2 is 1.97 bits per heavy atom. The Morgan fingerprint density at radius 3 is 2.65 bits per heavy atom. The molecule has 0 radical (unpaired) electrons. The normalized spacial score (nSPS) is 15.9. The van der Waals surface area contributed by atoms with Crippen molar-refractivity contribution in [3.8, 4) is 11.8 Å². The van der Waals surface area contributed by atoms with Crippen molar-refractivity contribution in [2.45, 2.75) is 45.8 Å². The Hall–Kier alpha value is -4.32. The maximum Gasteiger partial charge on any atom is 0.410 e. The molecule has 192 valence electrons. The summed E-state index contributed by atoms with van der Waals surface area (Å²) < 4.78 is 16.8. The fourth-order valence-electron chi connectivity index (χ4n) is 4.00. The lowest BCUT2D eigenvalue weighted by Crippen LogP contribution is -2.36. The molecule has 0 bridgehead atoms. The lowest BCUT2D eigenvalue weighted by Gasteiger charge is -2.24. The predicted octanol–water partition coefficient (Wildman–Crippen LogP) is 4.93. The minimum absolute atomic E-state index is 0.146. The van der Waals surface area contributed by atoms with Crippen molar-refractivity contribution in [1.82, 2.24) is 14.9 Å². The van der Waals surface area contributed by atoms with Gasteiger partial charge in [-0.05, 0) is 69.7 Å². The highest BCUT2D eigenvalue weighted by molar-refractivity contribution is 6.21. The number of esters is 1. The summed E-state index contributed by atoms with van der Waals surface area (Å²) in [5.41, 5.74) is 2.35. The number of imidazole rings is 1. The number of amides is 1. The maximum atomic E-state index is 12.8. The molecule has 9 heteroatoms. The van der Waals surface area contributed by atoms with Crippen molar-refractivity contribution >= 4 is 34.7 Å². The van der Waals surface area contributed by atoms with E-state index in [1.165, 1.54) is 0 Å². The second kappa shape index (κ2) is 10.7. The minimum atomic E-state index is -0.544. The van der Waals surface area contributed by atoms with Crippen LogP contribution in [0.25, 0.3) is 22.7 Å². The molecule has 0 spiro atoms. The number of carbonyl (C=O) groups excluding carboxylic acids is 2. The molecule has 9 nitrogen and oxygen atoms in total. The van der Waals surface area contributed by atoms with Gasteiger partial charge in [0.25, 0.3) is 0 Å². The fourth-order valence-corrected chi connectivity index (χ4v) is 4.00. The molecule has 1 aliphatic heterocycles. The number of ether oxygens (including phenoxy) is 3. The van der Waals surface area contributed by atoms with Gasteiger partial charge in [-0.25, -0.2) is 14.6 Å². The van der Waals surface area contributed by atoms with Gasteiger partial charge in [-0.15, -0.1) is 0 Å². The maximum absolute atomic E-state index is 12.8. The van der Waals surface area contributed by atoms with Crippen LogP contribution >= 0.6 is 0 Å². The Labute approximate surface area is 215 Å². The molecule has 0 aliphatic carbocycles. The molecule has 0 saturated carbocycles. The van der Waals surface area contributed by atoms with Gasteiger partial charge in [-0.2, -0.15) is 5.26 Å². The average Bonchev–Trinajstić information content (AvgIpc) is 3.48. The summed E-state index contributed by atoms with van der Waals surface area (Å²) in [7, 11) is 0. The highest BCUT2D eigenvalue weighted by Crippen LogP contribution is 2.25. The lowest BCUT2D eigenvalue weighted by atomic mass is 10.1. The number of nitrogens with one attached hydrogen (secondary N) is 1. The second-order valence-corrected chi connectivity index (χ2v) is 9.72. The Bertz CT molecular complexity index is 1360. The van der Waals surface area contributed by atoms with Gasteiger partial charge in [0.05, 0.1) is 41.4 Å². The van der Waals surface area contributed by atoms with Crippen LogP contribution in [0.15, 0.2) is 42.5 Å². The number of aromatic amines is 1. The van der Waals surface area contributed by atoms with Crippen LogP contribution in [-0.4, -0.2) is 58.3 Å². The van der Waals surface area contributed by atoms with Crippen LogP contribution in [0, 0.1) is 11.3 Å². The van der Waals surface area contributed by atoms with E-state index in [4.69, 9.17) is 19.5 Å². The number of hydrogen-bond donors (Lipinski definition) is 1. The van der Waals surface area contributed by atoms with Crippen molar-refractivity contribution in [1.29, 1.82) is 5.26 Å². The largest absolute Gasteiger partial charge is 0.489 e. The van der Waals surface area contributed by atoms with E-state index in [1.54, 1.807) is 60.4 Å². The standard InChI is InChI=1S/C28H30N4O5/c1-5-35-26(33)22(15-25-30-23-11-6-18(16-29)14-24(23)31-25)19-7-9-20(10-8-19)36-21-12-13-32(17-21)27(34)37-28(2,3)4/h6-11,14-15,21H,5,12-13,17H2,1-4H3,(H,30,31)/b22-15-/t21-/m0/s1. The molecule has 1 N–H and O–H groups in total. The summed E-state index contributed by atoms with van der Waals surface area (Å²) in [6.45, 7) is 8.53. The lowest BCUT2D eigenvalue weighted by molar-refractivity contribution is -0.136. The molecule has 1 atom stereocenters. The van der Waals surface area contributed by atoms with Crippen LogP contribution in [0.4, 0.5) is 4.79 Å². The van der Waals surface area contributed by atoms with E-state index in [9.17, 15) is 9.59 Å². The summed E-state index contributed by atoms with van der Waals surface area (Å²) in [4.78, 5) is 34.4. The van der Waals surface area contributed by atoms with E-state index in [1.807, 2.05) is 20.8 Å². The molecule has 0 unspecified atom stereocenters. The van der Waals surface area contributed by atoms with Crippen LogP contribution in [0.1, 0.15) is 51.1 Å². The number of rotatable bonds is 6. The molecule has 1 amide bonds. The van der Waals surface area contributed by atoms with Crippen molar-refractivity contribution in [2.75, 3.05) is 19.7 Å². The van der Waals surface area contributed by atoms with Gasteiger partial charge in [0.1, 0.15) is 23.3 Å². The predicted molar refractivity (Wildman–Crippen MR) is 139 cm³/mol. The van der Waals surface area contributed by atoms with Crippen LogP contribution in [0.5, 0.6) is 5.75 Å². The van der Waals surface area contributed by atoms with Crippen molar-refractivity contribution < 1.29 is 23.8 Å². The Balaban J connectivity index is 1.49. The van der Waals surface area contributed by atoms with Gasteiger partial charge >= 0.3 is 12.1 Å². The molecule has 2 aromatic carbocycles. The summed E-state index contributed by atoms with van der Waals surface area (Å²) in [5, 5.41) is 9.13. The van der Waals surface area contributed by atoms with Gasteiger partial charge in [0.15, 0.2) is 0 Å². The van der Waals surface area contributed by atoms with E-state index < -0.39 is 11.6 Å². The van der Waals surface area contributed by atoms with Crippen LogP contribution in [0.2, 0.25) is 0 Å². The molecule has 3 aromatic rings. The minimum Gasteiger partial charge on any atom is -0.489 e. The quantitative estimate of drug-likeness (QED) is 0.375. The van der Waals surface area contributed by atoms with Crippen LogP contribution in [-0.2, 0) is 14.3 Å². The number of fused-ring (bicyclic) bond motifs is 1. The topological polar surface area (TPSA) is 118 Å². The van der Waals surface area contributed by atoms with Crippen molar-refractivity contribution in [2.24, 2.45) is 0 Å². The number of likely N-dealkylation sites (tertiary alicyclic amines) is 1. The number of benzene rings is 2. The van der Waals surface area contributed by atoms with Crippen molar-refractivity contribution in [3.63, 3.8) is 0 Å². The first-order chi connectivity index (χ1) is 17.6. The first-order valence-electron chi connectivity index (χ1n) is 12.2. The molecular weight excluding hydrogens is 472 g/mol. The smallest absolute Gasteiger partial charge is 0.410 e. The van der Waals surface area contributed by atoms with Crippen LogP contribution < -0.4 is 4.74 Å². The second-order valence-electron chi connectivity index (χ2n) is 9.72. The number of nitriles is 1. The third-order valence-electron chi connectivity index (χ3n) is 5.67. The zero-order chi connectivity index (χ0) is 26.6. The molecule has 4 rings (SSSR count). The molecule has 1 aliphatic rings. The fraction of sp³-hybridized carbons (Fsp3) is 0.357. The molecule has 37 heavy (non-hydrogen) atoms. The molecule has 1 aromatic heterocycles. The number of hydrogen-bond acceptors (Lipinski definition) is 7. The monoisotopic (exact) mass is 502 g/mol. The molecular formula is C28H30N4O5. The molecule has 2 heterocycles. The van der Waals surface area contributed by atoms with E-state index in [2.05, 4.69) is 16.0 Å². The third-order valence-corrected chi connectivity index (χ3v) is 5.67. The number of aromatic nitrogens is 2. The Morgan fingerprint density at radius 1 is 1.22 bits per heavy atom. The summed E-state index contributed by atoms with van der Waals surface area (Å²) >= 11 is 0. The number of carbonyl (C=O) groups is 2. The highest BCUT2D eigenvalue weighted by atomic mass is 16.6.